The summed E-state index contributed by atoms with van der Waals surface area (Å²) in [6.07, 6.45) is 2.47. The third kappa shape index (κ3) is 5.01. The lowest BCUT2D eigenvalue weighted by Crippen LogP contribution is -2.26. The van der Waals surface area contributed by atoms with Gasteiger partial charge < -0.3 is 14.5 Å². The Balaban J connectivity index is 1.54. The second-order valence-electron chi connectivity index (χ2n) is 6.67. The Morgan fingerprint density at radius 2 is 2.00 bits per heavy atom. The molecule has 1 unspecified atom stereocenters. The van der Waals surface area contributed by atoms with Gasteiger partial charge in [-0.2, -0.15) is 0 Å². The lowest BCUT2D eigenvalue weighted by Gasteiger charge is -2.15. The highest BCUT2D eigenvalue weighted by atomic mass is 79.9. The van der Waals surface area contributed by atoms with Gasteiger partial charge in [0.05, 0.1) is 23.8 Å². The molecule has 0 fully saturated rings. The molecular weight excluding hydrogens is 420 g/mol. The molecule has 0 radical (unpaired) electrons. The number of hydrogen-bond acceptors (Lipinski definition) is 4. The molecule has 1 N–H and O–H groups in total. The largest absolute Gasteiger partial charge is 0.496 e. The van der Waals surface area contributed by atoms with E-state index in [0.717, 1.165) is 21.3 Å². The van der Waals surface area contributed by atoms with Crippen LogP contribution in [0.15, 0.2) is 57.6 Å². The van der Waals surface area contributed by atoms with E-state index in [9.17, 15) is 4.79 Å². The quantitative estimate of drug-likeness (QED) is 0.543. The lowest BCUT2D eigenvalue weighted by molar-refractivity contribution is -0.121. The smallest absolute Gasteiger partial charge is 0.220 e. The van der Waals surface area contributed by atoms with Gasteiger partial charge in [-0.05, 0) is 47.5 Å². The fourth-order valence-electron chi connectivity index (χ4n) is 2.85. The molecule has 5 nitrogen and oxygen atoms in total. The van der Waals surface area contributed by atoms with Crippen LogP contribution in [0.2, 0.25) is 0 Å². The van der Waals surface area contributed by atoms with Gasteiger partial charge in [0.2, 0.25) is 5.91 Å². The Morgan fingerprint density at radius 1 is 1.25 bits per heavy atom. The first kappa shape index (κ1) is 20.1. The summed E-state index contributed by atoms with van der Waals surface area (Å²) in [6, 6.07) is 13.7. The summed E-state index contributed by atoms with van der Waals surface area (Å²) in [5.74, 6) is 1.99. The Bertz CT molecular complexity index is 951. The minimum atomic E-state index is -0.109. The molecular formula is C22H23BrN2O3. The van der Waals surface area contributed by atoms with Crippen LogP contribution < -0.4 is 10.1 Å². The van der Waals surface area contributed by atoms with Crippen molar-refractivity contribution >= 4 is 21.8 Å². The van der Waals surface area contributed by atoms with Crippen molar-refractivity contribution in [1.29, 1.82) is 0 Å². The molecule has 0 aliphatic heterocycles. The van der Waals surface area contributed by atoms with Gasteiger partial charge in [-0.15, -0.1) is 0 Å². The molecule has 1 atom stereocenters. The summed E-state index contributed by atoms with van der Waals surface area (Å²) in [5.41, 5.74) is 3.17. The topological polar surface area (TPSA) is 64.4 Å². The summed E-state index contributed by atoms with van der Waals surface area (Å²) in [7, 11) is 1.62. The average molecular weight is 443 g/mol. The predicted octanol–water partition coefficient (Wildman–Crippen LogP) is 5.23. The number of hydrogen-bond donors (Lipinski definition) is 1. The monoisotopic (exact) mass is 442 g/mol. The highest BCUT2D eigenvalue weighted by molar-refractivity contribution is 9.10. The van der Waals surface area contributed by atoms with Gasteiger partial charge in [-0.3, -0.25) is 4.79 Å². The van der Waals surface area contributed by atoms with E-state index in [4.69, 9.17) is 9.15 Å². The number of carbonyl (C=O) groups is 1. The van der Waals surface area contributed by atoms with Crippen LogP contribution in [-0.2, 0) is 11.2 Å². The molecule has 0 bridgehead atoms. The zero-order valence-corrected chi connectivity index (χ0v) is 17.7. The normalized spacial score (nSPS) is 11.9. The van der Waals surface area contributed by atoms with E-state index in [0.29, 0.717) is 24.5 Å². The van der Waals surface area contributed by atoms with Crippen LogP contribution in [0, 0.1) is 6.92 Å². The van der Waals surface area contributed by atoms with Gasteiger partial charge in [0.15, 0.2) is 11.7 Å². The SMILES string of the molecule is COc1ccc(C(C)NC(=O)CCc2ncc(-c3ccc(C)cc3)o2)cc1Br. The number of rotatable bonds is 7. The van der Waals surface area contributed by atoms with Crippen molar-refractivity contribution in [2.75, 3.05) is 7.11 Å². The van der Waals surface area contributed by atoms with Crippen molar-refractivity contribution in [2.45, 2.75) is 32.7 Å². The third-order valence-electron chi connectivity index (χ3n) is 4.51. The van der Waals surface area contributed by atoms with Gasteiger partial charge >= 0.3 is 0 Å². The number of halogens is 1. The van der Waals surface area contributed by atoms with Crippen molar-refractivity contribution in [3.8, 4) is 17.1 Å². The van der Waals surface area contributed by atoms with E-state index in [1.54, 1.807) is 13.3 Å². The number of nitrogens with one attached hydrogen (secondary N) is 1. The number of ether oxygens (including phenoxy) is 1. The number of nitrogens with zero attached hydrogens (tertiary/aromatic N) is 1. The average Bonchev–Trinajstić information content (AvgIpc) is 3.16. The van der Waals surface area contributed by atoms with Gasteiger partial charge in [0, 0.05) is 18.4 Å². The third-order valence-corrected chi connectivity index (χ3v) is 5.13. The number of aromatic nitrogens is 1. The molecule has 1 heterocycles. The molecule has 0 aliphatic rings. The van der Waals surface area contributed by atoms with Crippen LogP contribution in [0.1, 0.15) is 36.4 Å². The van der Waals surface area contributed by atoms with E-state index in [2.05, 4.69) is 26.2 Å². The molecule has 2 aromatic carbocycles. The number of methoxy groups -OCH3 is 1. The molecule has 146 valence electrons. The minimum absolute atomic E-state index is 0.0467. The summed E-state index contributed by atoms with van der Waals surface area (Å²) in [6.45, 7) is 3.99. The predicted molar refractivity (Wildman–Crippen MR) is 112 cm³/mol. The Labute approximate surface area is 173 Å². The molecule has 3 rings (SSSR count). The Morgan fingerprint density at radius 3 is 2.68 bits per heavy atom. The van der Waals surface area contributed by atoms with Crippen molar-refractivity contribution in [1.82, 2.24) is 10.3 Å². The van der Waals surface area contributed by atoms with Crippen LogP contribution in [0.5, 0.6) is 5.75 Å². The maximum absolute atomic E-state index is 12.3. The molecule has 6 heteroatoms. The molecule has 3 aromatic rings. The van der Waals surface area contributed by atoms with Gasteiger partial charge in [-0.1, -0.05) is 35.9 Å². The van der Waals surface area contributed by atoms with Gasteiger partial charge in [0.25, 0.3) is 0 Å². The summed E-state index contributed by atoms with van der Waals surface area (Å²) >= 11 is 3.47. The van der Waals surface area contributed by atoms with Crippen LogP contribution in [0.4, 0.5) is 0 Å². The van der Waals surface area contributed by atoms with Gasteiger partial charge in [0.1, 0.15) is 5.75 Å². The zero-order chi connectivity index (χ0) is 20.1. The van der Waals surface area contributed by atoms with Crippen molar-refractivity contribution in [3.63, 3.8) is 0 Å². The molecule has 0 aliphatic carbocycles. The van der Waals surface area contributed by atoms with E-state index < -0.39 is 0 Å². The first-order valence-corrected chi connectivity index (χ1v) is 9.90. The zero-order valence-electron chi connectivity index (χ0n) is 16.2. The van der Waals surface area contributed by atoms with Crippen LogP contribution in [0.25, 0.3) is 11.3 Å². The Kier molecular flexibility index (Phi) is 6.52. The number of benzene rings is 2. The maximum Gasteiger partial charge on any atom is 0.220 e. The minimum Gasteiger partial charge on any atom is -0.496 e. The van der Waals surface area contributed by atoms with Crippen molar-refractivity contribution in [3.05, 3.63) is 70.2 Å². The van der Waals surface area contributed by atoms with Crippen LogP contribution in [-0.4, -0.2) is 18.0 Å². The standard InChI is InChI=1S/C22H23BrN2O3/c1-14-4-6-16(7-5-14)20-13-24-22(28-20)11-10-21(26)25-15(2)17-8-9-19(27-3)18(23)12-17/h4-9,12-13,15H,10-11H2,1-3H3,(H,25,26). The lowest BCUT2D eigenvalue weighted by atomic mass is 10.1. The van der Waals surface area contributed by atoms with E-state index >= 15 is 0 Å². The van der Waals surface area contributed by atoms with Crippen molar-refractivity contribution < 1.29 is 13.9 Å². The van der Waals surface area contributed by atoms with Crippen LogP contribution in [0.3, 0.4) is 0 Å². The Hall–Kier alpha value is -2.60. The number of aryl methyl sites for hydroxylation is 2. The van der Waals surface area contributed by atoms with E-state index in [1.807, 2.05) is 56.3 Å². The van der Waals surface area contributed by atoms with Crippen molar-refractivity contribution in [2.24, 2.45) is 0 Å². The second kappa shape index (κ2) is 9.06. The molecule has 1 amide bonds. The fourth-order valence-corrected chi connectivity index (χ4v) is 3.40. The molecule has 28 heavy (non-hydrogen) atoms. The van der Waals surface area contributed by atoms with E-state index in [-0.39, 0.29) is 11.9 Å². The highest BCUT2D eigenvalue weighted by Crippen LogP contribution is 2.28. The molecule has 0 spiro atoms. The maximum atomic E-state index is 12.3. The number of amides is 1. The molecule has 1 aromatic heterocycles. The van der Waals surface area contributed by atoms with Gasteiger partial charge in [-0.25, -0.2) is 4.98 Å². The number of oxazole rings is 1. The summed E-state index contributed by atoms with van der Waals surface area (Å²) in [5, 5.41) is 3.01. The first-order valence-electron chi connectivity index (χ1n) is 9.11. The number of carbonyl (C=O) groups excluding carboxylic acids is 1. The molecule has 0 saturated heterocycles. The highest BCUT2D eigenvalue weighted by Gasteiger charge is 2.13. The second-order valence-corrected chi connectivity index (χ2v) is 7.52. The molecule has 0 saturated carbocycles. The van der Waals surface area contributed by atoms with Crippen LogP contribution >= 0.6 is 15.9 Å². The summed E-state index contributed by atoms with van der Waals surface area (Å²) in [4.78, 5) is 16.6. The summed E-state index contributed by atoms with van der Waals surface area (Å²) < 4.78 is 11.9. The first-order chi connectivity index (χ1) is 13.5. The van der Waals surface area contributed by atoms with E-state index in [1.165, 1.54) is 5.56 Å². The fraction of sp³-hybridized carbons (Fsp3) is 0.273.